The zero-order valence-electron chi connectivity index (χ0n) is 17.7. The van der Waals surface area contributed by atoms with Crippen molar-refractivity contribution in [2.45, 2.75) is 45.6 Å². The highest BCUT2D eigenvalue weighted by Crippen LogP contribution is 2.42. The molecule has 2 aromatic carbocycles. The molecule has 31 heavy (non-hydrogen) atoms. The molecule has 0 aromatic heterocycles. The van der Waals surface area contributed by atoms with Crippen molar-refractivity contribution in [2.75, 3.05) is 6.54 Å². The number of carbonyl (C=O) groups excluding carboxylic acids is 2. The fourth-order valence-corrected chi connectivity index (χ4v) is 3.89. The number of likely N-dealkylation sites (tertiary alicyclic amines) is 1. The Morgan fingerprint density at radius 1 is 1.06 bits per heavy atom. The lowest BCUT2D eigenvalue weighted by atomic mass is 9.94. The van der Waals surface area contributed by atoms with Gasteiger partial charge in [0, 0.05) is 18.2 Å². The monoisotopic (exact) mass is 422 g/mol. The first-order chi connectivity index (χ1) is 14.9. The molecule has 3 rings (SSSR count). The van der Waals surface area contributed by atoms with Gasteiger partial charge in [0.25, 0.3) is 17.4 Å². The number of nitro groups is 1. The Hall–Kier alpha value is -3.48. The molecule has 0 radical (unpaired) electrons. The second-order valence-corrected chi connectivity index (χ2v) is 7.74. The summed E-state index contributed by atoms with van der Waals surface area (Å²) in [5.74, 6) is -1.89. The third-order valence-corrected chi connectivity index (χ3v) is 5.55. The summed E-state index contributed by atoms with van der Waals surface area (Å²) in [6.45, 7) is 4.25. The number of aryl methyl sites for hydroxylation is 1. The number of aliphatic hydroxyl groups is 1. The Bertz CT molecular complexity index is 1030. The molecule has 0 aliphatic carbocycles. The minimum absolute atomic E-state index is 0.112. The number of nitro benzene ring substituents is 1. The molecular weight excluding hydrogens is 396 g/mol. The molecule has 0 saturated carbocycles. The predicted octanol–water partition coefficient (Wildman–Crippen LogP) is 4.91. The third kappa shape index (κ3) is 4.50. The lowest BCUT2D eigenvalue weighted by molar-refractivity contribution is -0.385. The molecule has 1 aliphatic rings. The first kappa shape index (κ1) is 22.2. The molecule has 1 saturated heterocycles. The highest BCUT2D eigenvalue weighted by Gasteiger charge is 2.47. The summed E-state index contributed by atoms with van der Waals surface area (Å²) in [6, 6.07) is 11.9. The van der Waals surface area contributed by atoms with Crippen LogP contribution in [0.5, 0.6) is 0 Å². The molecule has 162 valence electrons. The number of ketones is 1. The summed E-state index contributed by atoms with van der Waals surface area (Å²) >= 11 is 0. The minimum Gasteiger partial charge on any atom is -0.507 e. The zero-order chi connectivity index (χ0) is 22.5. The van der Waals surface area contributed by atoms with Crippen LogP contribution in [0.15, 0.2) is 54.1 Å². The fourth-order valence-electron chi connectivity index (χ4n) is 3.89. The van der Waals surface area contributed by atoms with E-state index in [1.165, 1.54) is 23.1 Å². The molecule has 2 aromatic rings. The summed E-state index contributed by atoms with van der Waals surface area (Å²) in [5.41, 5.74) is 1.28. The molecule has 1 aliphatic heterocycles. The molecule has 7 nitrogen and oxygen atoms in total. The number of rotatable bonds is 8. The van der Waals surface area contributed by atoms with Gasteiger partial charge in [0.05, 0.1) is 22.1 Å². The summed E-state index contributed by atoms with van der Waals surface area (Å²) in [6.07, 6.45) is 3.55. The molecule has 1 atom stereocenters. The number of carbonyl (C=O) groups is 2. The molecular formula is C24H26N2O5. The highest BCUT2D eigenvalue weighted by atomic mass is 16.6. The Balaban J connectivity index is 2.15. The van der Waals surface area contributed by atoms with E-state index in [1.807, 2.05) is 6.92 Å². The van der Waals surface area contributed by atoms with Crippen LogP contribution in [0.1, 0.15) is 55.3 Å². The van der Waals surface area contributed by atoms with Gasteiger partial charge in [0.1, 0.15) is 5.76 Å². The number of unbranched alkanes of at least 4 members (excludes halogenated alkanes) is 3. The van der Waals surface area contributed by atoms with E-state index in [0.29, 0.717) is 12.0 Å². The van der Waals surface area contributed by atoms with Crippen LogP contribution < -0.4 is 0 Å². The van der Waals surface area contributed by atoms with E-state index in [1.54, 1.807) is 30.3 Å². The number of hydrogen-bond acceptors (Lipinski definition) is 5. The average Bonchev–Trinajstić information content (AvgIpc) is 3.01. The van der Waals surface area contributed by atoms with Crippen LogP contribution in [0.2, 0.25) is 0 Å². The van der Waals surface area contributed by atoms with E-state index in [0.717, 1.165) is 24.8 Å². The standard InChI is InChI=1S/C24H26N2O5/c1-3-4-5-8-15-25-21(18-9-6-7-10-19(18)26(30)31)20(23(28)24(25)29)22(27)17-13-11-16(2)12-14-17/h6-7,9-14,21,27H,3-5,8,15H2,1-2H3/b22-20+/t21-/m0/s1. The molecule has 1 amide bonds. The number of benzene rings is 2. The lowest BCUT2D eigenvalue weighted by Crippen LogP contribution is -2.31. The molecule has 1 N–H and O–H groups in total. The maximum atomic E-state index is 13.0. The molecule has 1 fully saturated rings. The number of Topliss-reactive ketones (excluding diaryl/α,β-unsaturated/α-hetero) is 1. The molecule has 0 spiro atoms. The lowest BCUT2D eigenvalue weighted by Gasteiger charge is -2.25. The highest BCUT2D eigenvalue weighted by molar-refractivity contribution is 6.46. The van der Waals surface area contributed by atoms with Crippen LogP contribution in [0.4, 0.5) is 5.69 Å². The van der Waals surface area contributed by atoms with Gasteiger partial charge in [0.2, 0.25) is 0 Å². The van der Waals surface area contributed by atoms with Crippen molar-refractivity contribution in [3.8, 4) is 0 Å². The average molecular weight is 422 g/mol. The zero-order valence-corrected chi connectivity index (χ0v) is 17.7. The van der Waals surface area contributed by atoms with Crippen molar-refractivity contribution in [3.05, 3.63) is 80.9 Å². The van der Waals surface area contributed by atoms with Gasteiger partial charge >= 0.3 is 0 Å². The van der Waals surface area contributed by atoms with Crippen molar-refractivity contribution >= 4 is 23.1 Å². The van der Waals surface area contributed by atoms with Crippen LogP contribution in [0.25, 0.3) is 5.76 Å². The van der Waals surface area contributed by atoms with Crippen molar-refractivity contribution in [3.63, 3.8) is 0 Å². The second-order valence-electron chi connectivity index (χ2n) is 7.74. The maximum Gasteiger partial charge on any atom is 0.295 e. The van der Waals surface area contributed by atoms with Gasteiger partial charge in [-0.3, -0.25) is 19.7 Å². The van der Waals surface area contributed by atoms with Crippen LogP contribution in [0, 0.1) is 17.0 Å². The summed E-state index contributed by atoms with van der Waals surface area (Å²) in [7, 11) is 0. The third-order valence-electron chi connectivity index (χ3n) is 5.55. The quantitative estimate of drug-likeness (QED) is 0.163. The van der Waals surface area contributed by atoms with Gasteiger partial charge in [0.15, 0.2) is 0 Å². The SMILES string of the molecule is CCCCCCN1C(=O)C(=O)/C(=C(/O)c2ccc(C)cc2)[C@@H]1c1ccccc1[N+](=O)[O-]. The topological polar surface area (TPSA) is 101 Å². The molecule has 0 unspecified atom stereocenters. The van der Waals surface area contributed by atoms with Gasteiger partial charge < -0.3 is 10.0 Å². The number of hydrogen-bond donors (Lipinski definition) is 1. The number of aliphatic hydroxyl groups excluding tert-OH is 1. The van der Waals surface area contributed by atoms with Crippen molar-refractivity contribution in [2.24, 2.45) is 0 Å². The predicted molar refractivity (Wildman–Crippen MR) is 117 cm³/mol. The largest absolute Gasteiger partial charge is 0.507 e. The van der Waals surface area contributed by atoms with E-state index in [9.17, 15) is 24.8 Å². The summed E-state index contributed by atoms with van der Waals surface area (Å²) in [4.78, 5) is 38.4. The Labute approximate surface area is 181 Å². The van der Waals surface area contributed by atoms with Crippen molar-refractivity contribution in [1.82, 2.24) is 4.90 Å². The van der Waals surface area contributed by atoms with Gasteiger partial charge in [-0.15, -0.1) is 0 Å². The van der Waals surface area contributed by atoms with E-state index in [-0.39, 0.29) is 29.1 Å². The van der Waals surface area contributed by atoms with Crippen LogP contribution >= 0.6 is 0 Å². The first-order valence-electron chi connectivity index (χ1n) is 10.5. The fraction of sp³-hybridized carbons (Fsp3) is 0.333. The number of para-hydroxylation sites is 1. The van der Waals surface area contributed by atoms with Crippen LogP contribution in [0.3, 0.4) is 0 Å². The maximum absolute atomic E-state index is 13.0. The van der Waals surface area contributed by atoms with Crippen molar-refractivity contribution < 1.29 is 19.6 Å². The molecule has 1 heterocycles. The summed E-state index contributed by atoms with van der Waals surface area (Å²) < 4.78 is 0. The van der Waals surface area contributed by atoms with Gasteiger partial charge in [-0.05, 0) is 19.4 Å². The van der Waals surface area contributed by atoms with Crippen molar-refractivity contribution in [1.29, 1.82) is 0 Å². The minimum atomic E-state index is -1.01. The van der Waals surface area contributed by atoms with E-state index < -0.39 is 22.7 Å². The number of amides is 1. The van der Waals surface area contributed by atoms with Gasteiger partial charge in [-0.25, -0.2) is 0 Å². The number of nitrogens with zero attached hydrogens (tertiary/aromatic N) is 2. The van der Waals surface area contributed by atoms with Gasteiger partial charge in [-0.2, -0.15) is 0 Å². The Kier molecular flexibility index (Phi) is 6.84. The Morgan fingerprint density at radius 3 is 2.39 bits per heavy atom. The smallest absolute Gasteiger partial charge is 0.295 e. The van der Waals surface area contributed by atoms with Crippen LogP contribution in [-0.4, -0.2) is 33.2 Å². The van der Waals surface area contributed by atoms with E-state index >= 15 is 0 Å². The normalized spacial score (nSPS) is 17.9. The van der Waals surface area contributed by atoms with E-state index in [4.69, 9.17) is 0 Å². The van der Waals surface area contributed by atoms with Crippen LogP contribution in [-0.2, 0) is 9.59 Å². The first-order valence-corrected chi connectivity index (χ1v) is 10.5. The molecule has 7 heteroatoms. The molecule has 0 bridgehead atoms. The second kappa shape index (κ2) is 9.55. The van der Waals surface area contributed by atoms with Gasteiger partial charge in [-0.1, -0.05) is 68.1 Å². The summed E-state index contributed by atoms with van der Waals surface area (Å²) in [5, 5.41) is 22.7. The van der Waals surface area contributed by atoms with E-state index in [2.05, 4.69) is 6.92 Å². The Morgan fingerprint density at radius 2 is 1.74 bits per heavy atom.